The van der Waals surface area contributed by atoms with Crippen LogP contribution in [0.5, 0.6) is 0 Å². The van der Waals surface area contributed by atoms with Crippen LogP contribution in [0.2, 0.25) is 0 Å². The summed E-state index contributed by atoms with van der Waals surface area (Å²) in [5, 5.41) is 13.2. The molecule has 1 saturated heterocycles. The van der Waals surface area contributed by atoms with E-state index in [4.69, 9.17) is 12.2 Å². The maximum absolute atomic E-state index is 13.2. The number of carbonyl (C=O) groups excluding carboxylic acids is 1. The van der Waals surface area contributed by atoms with Gasteiger partial charge < -0.3 is 31.1 Å². The van der Waals surface area contributed by atoms with Crippen molar-refractivity contribution in [3.8, 4) is 0 Å². The average molecular weight is 499 g/mol. The van der Waals surface area contributed by atoms with E-state index in [9.17, 15) is 4.79 Å². The summed E-state index contributed by atoms with van der Waals surface area (Å²) >= 11 is 5.44. The Morgan fingerprint density at radius 3 is 2.57 bits per heavy atom. The van der Waals surface area contributed by atoms with Crippen LogP contribution in [-0.2, 0) is 4.79 Å². The lowest BCUT2D eigenvalue weighted by Crippen LogP contribution is -2.48. The number of anilines is 3. The van der Waals surface area contributed by atoms with Crippen LogP contribution in [0.3, 0.4) is 0 Å². The molecule has 3 rings (SSSR count). The van der Waals surface area contributed by atoms with Gasteiger partial charge in [0.15, 0.2) is 5.11 Å². The minimum absolute atomic E-state index is 0.0930. The van der Waals surface area contributed by atoms with Crippen LogP contribution in [0.1, 0.15) is 24.6 Å². The first kappa shape index (κ1) is 26.8. The number of hydrogen-bond donors (Lipinski definition) is 4. The molecule has 1 aliphatic heterocycles. The molecular weight excluding hydrogens is 460 g/mol. The summed E-state index contributed by atoms with van der Waals surface area (Å²) in [6.07, 6.45) is 0.807. The number of aromatic nitrogens is 2. The van der Waals surface area contributed by atoms with Crippen molar-refractivity contribution in [1.82, 2.24) is 25.1 Å². The predicted molar refractivity (Wildman–Crippen MR) is 147 cm³/mol. The number of nitrogens with zero attached hydrogens (tertiary/aromatic N) is 4. The molecular formula is C25H38N8OS. The van der Waals surface area contributed by atoms with Crippen molar-refractivity contribution in [3.05, 3.63) is 41.6 Å². The van der Waals surface area contributed by atoms with Gasteiger partial charge in [-0.3, -0.25) is 4.79 Å². The van der Waals surface area contributed by atoms with E-state index in [1.54, 1.807) is 0 Å². The molecule has 10 heteroatoms. The third-order valence-corrected chi connectivity index (χ3v) is 6.41. The second-order valence-corrected chi connectivity index (χ2v) is 9.88. The second kappa shape index (κ2) is 12.2. The maximum atomic E-state index is 13.2. The molecule has 0 aliphatic carbocycles. The van der Waals surface area contributed by atoms with Crippen molar-refractivity contribution < 1.29 is 4.79 Å². The quantitative estimate of drug-likeness (QED) is 0.369. The first-order chi connectivity index (χ1) is 16.7. The van der Waals surface area contributed by atoms with Gasteiger partial charge in [-0.25, -0.2) is 4.98 Å². The summed E-state index contributed by atoms with van der Waals surface area (Å²) in [7, 11) is 4.01. The van der Waals surface area contributed by atoms with Crippen molar-refractivity contribution >= 4 is 40.7 Å². The number of thiocarbonyl (C=S) groups is 1. The fourth-order valence-electron chi connectivity index (χ4n) is 4.09. The predicted octanol–water partition coefficient (Wildman–Crippen LogP) is 2.70. The van der Waals surface area contributed by atoms with Crippen molar-refractivity contribution in [2.24, 2.45) is 5.41 Å². The standard InChI is InChI=1S/C25H38N8OS/c1-6-33-13-11-25(17-33,22(34)26-12-14-32(4)5)16-27-21-15-19(3)28-23(30-21)31-24(35)29-20-9-7-18(2)8-10-20/h7-10,15H,6,11-14,16-17H2,1-5H3,(H,26,34)(H3,27,28,29,30,31,35). The number of amides is 1. The minimum atomic E-state index is -0.503. The topological polar surface area (TPSA) is 97.5 Å². The average Bonchev–Trinajstić information content (AvgIpc) is 3.23. The van der Waals surface area contributed by atoms with Gasteiger partial charge in [0, 0.05) is 43.6 Å². The third kappa shape index (κ3) is 7.84. The zero-order chi connectivity index (χ0) is 25.4. The molecule has 0 spiro atoms. The highest BCUT2D eigenvalue weighted by Gasteiger charge is 2.44. The van der Waals surface area contributed by atoms with Crippen LogP contribution in [0, 0.1) is 19.3 Å². The Balaban J connectivity index is 1.65. The number of likely N-dealkylation sites (N-methyl/N-ethyl adjacent to an activating group) is 1. The molecule has 1 unspecified atom stereocenters. The first-order valence-corrected chi connectivity index (χ1v) is 12.5. The van der Waals surface area contributed by atoms with Gasteiger partial charge in [0.2, 0.25) is 11.9 Å². The molecule has 9 nitrogen and oxygen atoms in total. The van der Waals surface area contributed by atoms with E-state index in [1.165, 1.54) is 5.56 Å². The maximum Gasteiger partial charge on any atom is 0.231 e. The second-order valence-electron chi connectivity index (χ2n) is 9.48. The molecule has 4 N–H and O–H groups in total. The van der Waals surface area contributed by atoms with E-state index in [0.29, 0.717) is 30.0 Å². The summed E-state index contributed by atoms with van der Waals surface area (Å²) in [4.78, 5) is 26.7. The third-order valence-electron chi connectivity index (χ3n) is 6.20. The summed E-state index contributed by atoms with van der Waals surface area (Å²) in [6, 6.07) is 9.86. The van der Waals surface area contributed by atoms with Crippen LogP contribution >= 0.6 is 12.2 Å². The molecule has 1 amide bonds. The van der Waals surface area contributed by atoms with Crippen molar-refractivity contribution in [2.75, 3.05) is 69.3 Å². The molecule has 1 fully saturated rings. The molecule has 0 radical (unpaired) electrons. The van der Waals surface area contributed by atoms with E-state index in [-0.39, 0.29) is 5.91 Å². The van der Waals surface area contributed by atoms with Crippen LogP contribution in [0.4, 0.5) is 17.5 Å². The molecule has 2 heterocycles. The number of likely N-dealkylation sites (tertiary alicyclic amines) is 1. The van der Waals surface area contributed by atoms with E-state index >= 15 is 0 Å². The summed E-state index contributed by atoms with van der Waals surface area (Å²) in [6.45, 7) is 10.6. The molecule has 0 saturated carbocycles. The van der Waals surface area contributed by atoms with Gasteiger partial charge in [-0.15, -0.1) is 0 Å². The van der Waals surface area contributed by atoms with Crippen LogP contribution < -0.4 is 21.3 Å². The zero-order valence-electron chi connectivity index (χ0n) is 21.4. The summed E-state index contributed by atoms with van der Waals surface area (Å²) in [5.41, 5.74) is 2.37. The molecule has 1 atom stereocenters. The normalized spacial score (nSPS) is 17.9. The highest BCUT2D eigenvalue weighted by Crippen LogP contribution is 2.31. The Morgan fingerprint density at radius 2 is 1.91 bits per heavy atom. The van der Waals surface area contributed by atoms with Crippen molar-refractivity contribution in [1.29, 1.82) is 0 Å². The number of benzene rings is 1. The first-order valence-electron chi connectivity index (χ1n) is 12.1. The van der Waals surface area contributed by atoms with Gasteiger partial charge in [0.25, 0.3) is 0 Å². The van der Waals surface area contributed by atoms with E-state index in [2.05, 4.69) is 48.0 Å². The molecule has 1 aromatic heterocycles. The zero-order valence-corrected chi connectivity index (χ0v) is 22.3. The number of nitrogens with one attached hydrogen (secondary N) is 4. The lowest BCUT2D eigenvalue weighted by molar-refractivity contribution is -0.129. The van der Waals surface area contributed by atoms with Gasteiger partial charge in [-0.1, -0.05) is 24.6 Å². The lowest BCUT2D eigenvalue weighted by Gasteiger charge is -2.29. The Kier molecular flexibility index (Phi) is 9.36. The molecule has 190 valence electrons. The van der Waals surface area contributed by atoms with Gasteiger partial charge >= 0.3 is 0 Å². The number of rotatable bonds is 10. The number of hydrogen-bond acceptors (Lipinski definition) is 7. The summed E-state index contributed by atoms with van der Waals surface area (Å²) < 4.78 is 0. The van der Waals surface area contributed by atoms with E-state index in [0.717, 1.165) is 44.0 Å². The van der Waals surface area contributed by atoms with Crippen LogP contribution in [-0.4, -0.2) is 84.2 Å². The minimum Gasteiger partial charge on any atom is -0.369 e. The Hall–Kier alpha value is -2.82. The highest BCUT2D eigenvalue weighted by molar-refractivity contribution is 7.80. The van der Waals surface area contributed by atoms with Gasteiger partial charge in [-0.2, -0.15) is 4.98 Å². The van der Waals surface area contributed by atoms with Crippen molar-refractivity contribution in [3.63, 3.8) is 0 Å². The Labute approximate surface area is 214 Å². The monoisotopic (exact) mass is 498 g/mol. The molecule has 1 aliphatic rings. The lowest BCUT2D eigenvalue weighted by atomic mass is 9.85. The smallest absolute Gasteiger partial charge is 0.231 e. The molecule has 35 heavy (non-hydrogen) atoms. The molecule has 0 bridgehead atoms. The number of aryl methyl sites for hydroxylation is 2. The van der Waals surface area contributed by atoms with Gasteiger partial charge in [0.05, 0.1) is 5.41 Å². The van der Waals surface area contributed by atoms with Crippen molar-refractivity contribution in [2.45, 2.75) is 27.2 Å². The SMILES string of the molecule is CCN1CCC(CNc2cc(C)nc(NC(=S)Nc3ccc(C)cc3)n2)(C(=O)NCCN(C)C)C1. The Morgan fingerprint density at radius 1 is 1.17 bits per heavy atom. The van der Waals surface area contributed by atoms with Gasteiger partial charge in [-0.05, 0) is 71.8 Å². The number of carbonyl (C=O) groups is 1. The van der Waals surface area contributed by atoms with E-state index < -0.39 is 5.41 Å². The fraction of sp³-hybridized carbons (Fsp3) is 0.520. The fourth-order valence-corrected chi connectivity index (χ4v) is 4.30. The summed E-state index contributed by atoms with van der Waals surface area (Å²) in [5.74, 6) is 1.16. The highest BCUT2D eigenvalue weighted by atomic mass is 32.1. The van der Waals surface area contributed by atoms with Crippen LogP contribution in [0.15, 0.2) is 30.3 Å². The van der Waals surface area contributed by atoms with E-state index in [1.807, 2.05) is 58.3 Å². The molecule has 2 aromatic rings. The Bertz CT molecular complexity index is 1010. The largest absolute Gasteiger partial charge is 0.369 e. The van der Waals surface area contributed by atoms with Crippen LogP contribution in [0.25, 0.3) is 0 Å². The molecule has 1 aromatic carbocycles. The van der Waals surface area contributed by atoms with Gasteiger partial charge in [0.1, 0.15) is 5.82 Å².